The van der Waals surface area contributed by atoms with Crippen LogP contribution in [0, 0.1) is 0 Å². The first-order valence-electron chi connectivity index (χ1n) is 8.77. The average Bonchev–Trinajstić information content (AvgIpc) is 2.52. The van der Waals surface area contributed by atoms with Crippen LogP contribution in [0.25, 0.3) is 6.08 Å². The molecule has 2 saturated heterocycles. The maximum absolute atomic E-state index is 12.6. The van der Waals surface area contributed by atoms with E-state index in [0.29, 0.717) is 26.1 Å². The number of aliphatic hydroxyl groups is 1. The molecule has 2 unspecified atom stereocenters. The molecule has 2 aliphatic rings. The fraction of sp³-hybridized carbons (Fsp3) is 0.550. The number of rotatable bonds is 2. The van der Waals surface area contributed by atoms with Crippen molar-refractivity contribution < 1.29 is 19.4 Å². The van der Waals surface area contributed by atoms with Crippen LogP contribution in [0.2, 0.25) is 0 Å². The molecule has 0 radical (unpaired) electrons. The molecule has 0 spiro atoms. The third kappa shape index (κ3) is 3.58. The minimum absolute atomic E-state index is 0.203. The number of carbonyl (C=O) groups is 1. The molecule has 3 rings (SSSR count). The van der Waals surface area contributed by atoms with Gasteiger partial charge in [-0.15, -0.1) is 0 Å². The molecule has 2 fully saturated rings. The number of morpholine rings is 1. The highest BCUT2D eigenvalue weighted by Gasteiger charge is 2.50. The van der Waals surface area contributed by atoms with Crippen molar-refractivity contribution in [2.45, 2.75) is 56.9 Å². The van der Waals surface area contributed by atoms with Gasteiger partial charge in [0.1, 0.15) is 5.60 Å². The van der Waals surface area contributed by atoms with E-state index >= 15 is 0 Å². The van der Waals surface area contributed by atoms with Crippen LogP contribution in [0.4, 0.5) is 4.79 Å². The summed E-state index contributed by atoms with van der Waals surface area (Å²) in [5, 5.41) is 11.4. The van der Waals surface area contributed by atoms with Gasteiger partial charge in [-0.3, -0.25) is 4.90 Å². The summed E-state index contributed by atoms with van der Waals surface area (Å²) in [7, 11) is 0. The van der Waals surface area contributed by atoms with Gasteiger partial charge in [-0.2, -0.15) is 0 Å². The Morgan fingerprint density at radius 3 is 2.48 bits per heavy atom. The van der Waals surface area contributed by atoms with Crippen LogP contribution in [0.3, 0.4) is 0 Å². The first-order valence-corrected chi connectivity index (χ1v) is 8.77. The molecule has 2 aliphatic heterocycles. The SMILES string of the molecule is C=Cc1ccccc1C1(O)CC2COCC(C1)N2C(=O)OC(C)(C)C. The fourth-order valence-corrected chi connectivity index (χ4v) is 3.91. The Kier molecular flexibility index (Phi) is 4.64. The van der Waals surface area contributed by atoms with E-state index in [1.807, 2.05) is 45.0 Å². The van der Waals surface area contributed by atoms with Crippen molar-refractivity contribution in [2.75, 3.05) is 13.2 Å². The zero-order valence-corrected chi connectivity index (χ0v) is 15.2. The molecule has 0 aromatic heterocycles. The third-order valence-electron chi connectivity index (χ3n) is 4.84. The minimum Gasteiger partial charge on any atom is -0.444 e. The summed E-state index contributed by atoms with van der Waals surface area (Å²) in [6, 6.07) is 7.34. The fourth-order valence-electron chi connectivity index (χ4n) is 3.91. The first-order chi connectivity index (χ1) is 11.7. The zero-order valence-electron chi connectivity index (χ0n) is 15.2. The number of hydrogen-bond donors (Lipinski definition) is 1. The second kappa shape index (κ2) is 6.46. The quantitative estimate of drug-likeness (QED) is 0.893. The molecule has 2 bridgehead atoms. The van der Waals surface area contributed by atoms with E-state index in [-0.39, 0.29) is 18.2 Å². The normalized spacial score (nSPS) is 29.2. The largest absolute Gasteiger partial charge is 0.444 e. The molecule has 1 aromatic carbocycles. The Morgan fingerprint density at radius 2 is 1.92 bits per heavy atom. The Labute approximate surface area is 149 Å². The van der Waals surface area contributed by atoms with Gasteiger partial charge in [0.25, 0.3) is 0 Å². The first kappa shape index (κ1) is 18.0. The second-order valence-electron chi connectivity index (χ2n) is 7.96. The minimum atomic E-state index is -0.998. The molecule has 0 aliphatic carbocycles. The van der Waals surface area contributed by atoms with Gasteiger partial charge in [0.2, 0.25) is 0 Å². The number of carbonyl (C=O) groups excluding carboxylic acids is 1. The molecule has 136 valence electrons. The number of hydrogen-bond acceptors (Lipinski definition) is 4. The van der Waals surface area contributed by atoms with Gasteiger partial charge in [0, 0.05) is 12.8 Å². The van der Waals surface area contributed by atoms with E-state index < -0.39 is 11.2 Å². The predicted molar refractivity (Wildman–Crippen MR) is 96.1 cm³/mol. The van der Waals surface area contributed by atoms with Crippen molar-refractivity contribution in [3.8, 4) is 0 Å². The highest BCUT2D eigenvalue weighted by molar-refractivity contribution is 5.69. The van der Waals surface area contributed by atoms with Gasteiger partial charge in [-0.1, -0.05) is 36.9 Å². The summed E-state index contributed by atoms with van der Waals surface area (Å²) in [4.78, 5) is 14.4. The Balaban J connectivity index is 1.88. The van der Waals surface area contributed by atoms with Gasteiger partial charge >= 0.3 is 6.09 Å². The molecule has 2 heterocycles. The maximum atomic E-state index is 12.6. The smallest absolute Gasteiger partial charge is 0.410 e. The lowest BCUT2D eigenvalue weighted by molar-refractivity contribution is -0.141. The van der Waals surface area contributed by atoms with Crippen LogP contribution in [-0.4, -0.2) is 47.0 Å². The van der Waals surface area contributed by atoms with E-state index in [1.54, 1.807) is 11.0 Å². The summed E-state index contributed by atoms with van der Waals surface area (Å²) >= 11 is 0. The molecule has 0 saturated carbocycles. The molecule has 1 aromatic rings. The van der Waals surface area contributed by atoms with Crippen molar-refractivity contribution in [2.24, 2.45) is 0 Å². The molecule has 1 amide bonds. The van der Waals surface area contributed by atoms with Crippen molar-refractivity contribution >= 4 is 12.2 Å². The molecular formula is C20H27NO4. The number of benzene rings is 1. The van der Waals surface area contributed by atoms with Crippen molar-refractivity contribution in [3.05, 3.63) is 42.0 Å². The standard InChI is InChI=1S/C20H27NO4/c1-5-14-8-6-7-9-17(14)20(23)10-15-12-24-13-16(11-20)21(15)18(22)25-19(2,3)4/h5-9,15-16,23H,1,10-13H2,2-4H3. The van der Waals surface area contributed by atoms with Gasteiger partial charge in [0.05, 0.1) is 30.9 Å². The Hall–Kier alpha value is -1.85. The molecule has 5 heteroatoms. The van der Waals surface area contributed by atoms with E-state index in [2.05, 4.69) is 6.58 Å². The van der Waals surface area contributed by atoms with Crippen molar-refractivity contribution in [1.29, 1.82) is 0 Å². The monoisotopic (exact) mass is 345 g/mol. The lowest BCUT2D eigenvalue weighted by Gasteiger charge is -2.51. The molecule has 2 atom stereocenters. The van der Waals surface area contributed by atoms with Gasteiger partial charge in [-0.05, 0) is 31.9 Å². The van der Waals surface area contributed by atoms with Crippen LogP contribution in [-0.2, 0) is 15.1 Å². The third-order valence-corrected chi connectivity index (χ3v) is 4.84. The predicted octanol–water partition coefficient (Wildman–Crippen LogP) is 3.32. The summed E-state index contributed by atoms with van der Waals surface area (Å²) < 4.78 is 11.2. The summed E-state index contributed by atoms with van der Waals surface area (Å²) in [5.41, 5.74) is 0.248. The number of nitrogens with zero attached hydrogens (tertiary/aromatic N) is 1. The number of fused-ring (bicyclic) bond motifs is 2. The van der Waals surface area contributed by atoms with Crippen LogP contribution in [0.15, 0.2) is 30.8 Å². The van der Waals surface area contributed by atoms with E-state index in [9.17, 15) is 9.90 Å². The van der Waals surface area contributed by atoms with Crippen LogP contribution in [0.1, 0.15) is 44.7 Å². The van der Waals surface area contributed by atoms with E-state index in [4.69, 9.17) is 9.47 Å². The number of ether oxygens (including phenoxy) is 2. The van der Waals surface area contributed by atoms with Crippen molar-refractivity contribution in [3.63, 3.8) is 0 Å². The summed E-state index contributed by atoms with van der Waals surface area (Å²) in [6.07, 6.45) is 2.28. The lowest BCUT2D eigenvalue weighted by atomic mass is 9.75. The number of piperidine rings is 1. The number of amides is 1. The highest BCUT2D eigenvalue weighted by Crippen LogP contribution is 2.42. The Bertz CT molecular complexity index is 650. The lowest BCUT2D eigenvalue weighted by Crippen LogP contribution is -2.63. The van der Waals surface area contributed by atoms with E-state index in [1.165, 1.54) is 0 Å². The van der Waals surface area contributed by atoms with Crippen LogP contribution in [0.5, 0.6) is 0 Å². The topological polar surface area (TPSA) is 59.0 Å². The molecule has 25 heavy (non-hydrogen) atoms. The van der Waals surface area contributed by atoms with Gasteiger partial charge < -0.3 is 14.6 Å². The Morgan fingerprint density at radius 1 is 1.32 bits per heavy atom. The molecule has 5 nitrogen and oxygen atoms in total. The highest BCUT2D eigenvalue weighted by atomic mass is 16.6. The zero-order chi connectivity index (χ0) is 18.2. The molecular weight excluding hydrogens is 318 g/mol. The summed E-state index contributed by atoms with van der Waals surface area (Å²) in [6.45, 7) is 10.3. The molecule has 1 N–H and O–H groups in total. The van der Waals surface area contributed by atoms with E-state index in [0.717, 1.165) is 11.1 Å². The summed E-state index contributed by atoms with van der Waals surface area (Å²) in [5.74, 6) is 0. The van der Waals surface area contributed by atoms with Crippen molar-refractivity contribution in [1.82, 2.24) is 4.90 Å². The van der Waals surface area contributed by atoms with Crippen LogP contribution < -0.4 is 0 Å². The average molecular weight is 345 g/mol. The van der Waals surface area contributed by atoms with Gasteiger partial charge in [0.15, 0.2) is 0 Å². The second-order valence-corrected chi connectivity index (χ2v) is 7.96. The maximum Gasteiger partial charge on any atom is 0.410 e. The van der Waals surface area contributed by atoms with Gasteiger partial charge in [-0.25, -0.2) is 4.79 Å². The van der Waals surface area contributed by atoms with Crippen LogP contribution >= 0.6 is 0 Å².